The van der Waals surface area contributed by atoms with Crippen LogP contribution in [-0.4, -0.2) is 54.5 Å². The number of carbonyl (C=O) groups is 1. The summed E-state index contributed by atoms with van der Waals surface area (Å²) < 4.78 is 0. The summed E-state index contributed by atoms with van der Waals surface area (Å²) in [7, 11) is 0. The lowest BCUT2D eigenvalue weighted by Crippen LogP contribution is -2.39. The van der Waals surface area contributed by atoms with Gasteiger partial charge in [0.1, 0.15) is 0 Å². The first-order chi connectivity index (χ1) is 9.20. The quantitative estimate of drug-likeness (QED) is 0.820. The van der Waals surface area contributed by atoms with Gasteiger partial charge in [0.25, 0.3) is 0 Å². The van der Waals surface area contributed by atoms with Crippen molar-refractivity contribution >= 4 is 5.91 Å². The summed E-state index contributed by atoms with van der Waals surface area (Å²) in [5, 5.41) is 0. The molecule has 0 aliphatic carbocycles. The van der Waals surface area contributed by atoms with Crippen LogP contribution in [-0.2, 0) is 4.79 Å². The molecule has 0 spiro atoms. The van der Waals surface area contributed by atoms with Gasteiger partial charge in [0.2, 0.25) is 5.91 Å². The highest BCUT2D eigenvalue weighted by Gasteiger charge is 2.30. The minimum atomic E-state index is 0.359. The second-order valence-electron chi connectivity index (χ2n) is 6.25. The molecule has 4 heteroatoms. The van der Waals surface area contributed by atoms with Crippen LogP contribution >= 0.6 is 0 Å². The molecule has 0 aromatic rings. The lowest BCUT2D eigenvalue weighted by Gasteiger charge is -2.26. The first kappa shape index (κ1) is 14.8. The van der Waals surface area contributed by atoms with E-state index in [1.54, 1.807) is 0 Å². The van der Waals surface area contributed by atoms with Crippen molar-refractivity contribution < 1.29 is 4.79 Å². The van der Waals surface area contributed by atoms with Gasteiger partial charge >= 0.3 is 0 Å². The van der Waals surface area contributed by atoms with Gasteiger partial charge in [-0.05, 0) is 51.1 Å². The van der Waals surface area contributed by atoms with Gasteiger partial charge in [-0.1, -0.05) is 6.92 Å². The van der Waals surface area contributed by atoms with Crippen molar-refractivity contribution in [2.45, 2.75) is 51.5 Å². The zero-order valence-corrected chi connectivity index (χ0v) is 12.3. The Hall–Kier alpha value is -0.610. The number of rotatable bonds is 5. The van der Waals surface area contributed by atoms with E-state index < -0.39 is 0 Å². The van der Waals surface area contributed by atoms with E-state index in [4.69, 9.17) is 5.73 Å². The van der Waals surface area contributed by atoms with Gasteiger partial charge in [0, 0.05) is 32.1 Å². The van der Waals surface area contributed by atoms with Gasteiger partial charge in [-0.25, -0.2) is 0 Å². The molecule has 0 bridgehead atoms. The van der Waals surface area contributed by atoms with E-state index in [9.17, 15) is 4.79 Å². The van der Waals surface area contributed by atoms with E-state index in [1.165, 1.54) is 25.9 Å². The normalized spacial score (nSPS) is 26.0. The maximum absolute atomic E-state index is 12.3. The largest absolute Gasteiger partial charge is 0.341 e. The van der Waals surface area contributed by atoms with Crippen molar-refractivity contribution in [3.63, 3.8) is 0 Å². The molecule has 2 heterocycles. The fourth-order valence-electron chi connectivity index (χ4n) is 3.39. The van der Waals surface area contributed by atoms with E-state index in [0.717, 1.165) is 38.9 Å². The predicted molar refractivity (Wildman–Crippen MR) is 77.9 cm³/mol. The van der Waals surface area contributed by atoms with E-state index in [1.807, 2.05) is 0 Å². The van der Waals surface area contributed by atoms with Crippen molar-refractivity contribution in [1.29, 1.82) is 0 Å². The minimum Gasteiger partial charge on any atom is -0.341 e. The summed E-state index contributed by atoms with van der Waals surface area (Å²) in [6, 6.07) is 0.632. The number of hydrogen-bond donors (Lipinski definition) is 1. The average Bonchev–Trinajstić information content (AvgIpc) is 2.73. The number of nitrogens with two attached hydrogens (primary N) is 1. The Kier molecular flexibility index (Phi) is 5.64. The van der Waals surface area contributed by atoms with Gasteiger partial charge in [0.15, 0.2) is 0 Å². The first-order valence-electron chi connectivity index (χ1n) is 7.92. The number of carbonyl (C=O) groups excluding carboxylic acids is 1. The lowest BCUT2D eigenvalue weighted by molar-refractivity contribution is -0.131. The van der Waals surface area contributed by atoms with E-state index >= 15 is 0 Å². The zero-order valence-electron chi connectivity index (χ0n) is 12.3. The Labute approximate surface area is 117 Å². The highest BCUT2D eigenvalue weighted by atomic mass is 16.2. The number of amides is 1. The van der Waals surface area contributed by atoms with E-state index in [0.29, 0.717) is 24.3 Å². The summed E-state index contributed by atoms with van der Waals surface area (Å²) >= 11 is 0. The van der Waals surface area contributed by atoms with Crippen molar-refractivity contribution in [2.24, 2.45) is 11.7 Å². The predicted octanol–water partition coefficient (Wildman–Crippen LogP) is 1.45. The summed E-state index contributed by atoms with van der Waals surface area (Å²) in [6.45, 7) is 7.26. The molecule has 1 amide bonds. The third-order valence-corrected chi connectivity index (χ3v) is 4.67. The van der Waals surface area contributed by atoms with Crippen LogP contribution in [0.4, 0.5) is 0 Å². The molecular weight excluding hydrogens is 238 g/mol. The molecule has 19 heavy (non-hydrogen) atoms. The Morgan fingerprint density at radius 1 is 1.26 bits per heavy atom. The smallest absolute Gasteiger partial charge is 0.222 e. The fraction of sp³-hybridized carbons (Fsp3) is 0.933. The van der Waals surface area contributed by atoms with Crippen LogP contribution in [0.2, 0.25) is 0 Å². The SMILES string of the molecule is CC(CCN)CCC(=O)N1CCCN2CCCC2C1. The van der Waals surface area contributed by atoms with Gasteiger partial charge in [-0.15, -0.1) is 0 Å². The molecule has 2 atom stereocenters. The van der Waals surface area contributed by atoms with Crippen LogP contribution in [0.25, 0.3) is 0 Å². The fourth-order valence-corrected chi connectivity index (χ4v) is 3.39. The van der Waals surface area contributed by atoms with Gasteiger partial charge in [0.05, 0.1) is 0 Å². The molecule has 2 N–H and O–H groups in total. The van der Waals surface area contributed by atoms with Crippen molar-refractivity contribution in [3.05, 3.63) is 0 Å². The van der Waals surface area contributed by atoms with Crippen LogP contribution in [0.5, 0.6) is 0 Å². The second-order valence-corrected chi connectivity index (χ2v) is 6.25. The molecule has 2 aliphatic rings. The maximum Gasteiger partial charge on any atom is 0.222 e. The standard InChI is InChI=1S/C15H29N3O/c1-13(7-8-16)5-6-15(19)18-11-3-10-17-9-2-4-14(17)12-18/h13-14H,2-12,16H2,1H3. The Morgan fingerprint density at radius 2 is 2.05 bits per heavy atom. The Morgan fingerprint density at radius 3 is 2.84 bits per heavy atom. The highest BCUT2D eigenvalue weighted by Crippen LogP contribution is 2.22. The van der Waals surface area contributed by atoms with Crippen LogP contribution in [0, 0.1) is 5.92 Å². The van der Waals surface area contributed by atoms with Crippen molar-refractivity contribution in [2.75, 3.05) is 32.7 Å². The number of fused-ring (bicyclic) bond motifs is 1. The van der Waals surface area contributed by atoms with Gasteiger partial charge in [-0.2, -0.15) is 0 Å². The summed E-state index contributed by atoms with van der Waals surface area (Å²) in [5.41, 5.74) is 5.56. The van der Waals surface area contributed by atoms with Crippen molar-refractivity contribution in [3.8, 4) is 0 Å². The third-order valence-electron chi connectivity index (χ3n) is 4.67. The molecule has 0 saturated carbocycles. The molecule has 0 radical (unpaired) electrons. The maximum atomic E-state index is 12.3. The first-order valence-corrected chi connectivity index (χ1v) is 7.92. The van der Waals surface area contributed by atoms with Crippen LogP contribution in [0.1, 0.15) is 45.4 Å². The van der Waals surface area contributed by atoms with Crippen LogP contribution < -0.4 is 5.73 Å². The topological polar surface area (TPSA) is 49.6 Å². The molecule has 4 nitrogen and oxygen atoms in total. The molecule has 2 unspecified atom stereocenters. The average molecular weight is 267 g/mol. The molecular formula is C15H29N3O. The summed E-state index contributed by atoms with van der Waals surface area (Å²) in [6.07, 6.45) is 6.44. The van der Waals surface area contributed by atoms with Crippen LogP contribution in [0.3, 0.4) is 0 Å². The summed E-state index contributed by atoms with van der Waals surface area (Å²) in [5.74, 6) is 0.932. The Bertz CT molecular complexity index is 295. The minimum absolute atomic E-state index is 0.359. The molecule has 110 valence electrons. The molecule has 2 fully saturated rings. The van der Waals surface area contributed by atoms with Gasteiger partial charge < -0.3 is 10.6 Å². The number of hydrogen-bond acceptors (Lipinski definition) is 3. The van der Waals surface area contributed by atoms with Crippen LogP contribution in [0.15, 0.2) is 0 Å². The molecule has 2 saturated heterocycles. The Balaban J connectivity index is 1.78. The monoisotopic (exact) mass is 267 g/mol. The number of nitrogens with zero attached hydrogens (tertiary/aromatic N) is 2. The summed E-state index contributed by atoms with van der Waals surface area (Å²) in [4.78, 5) is 17.0. The molecule has 2 rings (SSSR count). The molecule has 0 aromatic heterocycles. The van der Waals surface area contributed by atoms with Crippen molar-refractivity contribution in [1.82, 2.24) is 9.80 Å². The highest BCUT2D eigenvalue weighted by molar-refractivity contribution is 5.76. The van der Waals surface area contributed by atoms with E-state index in [-0.39, 0.29) is 0 Å². The second kappa shape index (κ2) is 7.25. The molecule has 2 aliphatic heterocycles. The van der Waals surface area contributed by atoms with E-state index in [2.05, 4.69) is 16.7 Å². The molecule has 0 aromatic carbocycles. The third kappa shape index (κ3) is 4.18. The van der Waals surface area contributed by atoms with Gasteiger partial charge in [-0.3, -0.25) is 9.69 Å². The lowest BCUT2D eigenvalue weighted by atomic mass is 10.0. The zero-order chi connectivity index (χ0) is 13.7.